The second-order valence-electron chi connectivity index (χ2n) is 34.0. The van der Waals surface area contributed by atoms with Crippen molar-refractivity contribution in [2.45, 2.75) is 491 Å². The maximum atomic E-state index is 13.2. The molecule has 0 amide bonds. The third-order valence-electron chi connectivity index (χ3n) is 21.4. The molecule has 109 heavy (non-hydrogen) atoms. The van der Waals surface area contributed by atoms with E-state index < -0.39 is 97.5 Å². The fourth-order valence-electron chi connectivity index (χ4n) is 14.0. The highest BCUT2D eigenvalue weighted by molar-refractivity contribution is 7.47. The van der Waals surface area contributed by atoms with Crippen LogP contribution < -0.4 is 0 Å². The molecule has 0 spiro atoms. The lowest BCUT2D eigenvalue weighted by molar-refractivity contribution is -0.161. The van der Waals surface area contributed by atoms with Crippen LogP contribution in [0.3, 0.4) is 0 Å². The Hall–Kier alpha value is -1.94. The fraction of sp³-hybridized carbons (Fsp3) is 0.956. The molecule has 0 aromatic carbocycles. The number of unbranched alkanes of at least 4 members (excludes halogenated alkanes) is 52. The van der Waals surface area contributed by atoms with E-state index in [1.54, 1.807) is 0 Å². The van der Waals surface area contributed by atoms with Crippen LogP contribution in [0, 0.1) is 23.7 Å². The van der Waals surface area contributed by atoms with Gasteiger partial charge in [-0.2, -0.15) is 0 Å². The van der Waals surface area contributed by atoms with Crippen LogP contribution in [0.15, 0.2) is 0 Å². The second kappa shape index (κ2) is 78.6. The minimum absolute atomic E-state index is 0.107. The van der Waals surface area contributed by atoms with Gasteiger partial charge in [-0.15, -0.1) is 0 Å². The number of carbonyl (C=O) groups excluding carboxylic acids is 4. The number of hydrogen-bond acceptors (Lipinski definition) is 15. The van der Waals surface area contributed by atoms with Gasteiger partial charge in [-0.05, 0) is 49.4 Å². The van der Waals surface area contributed by atoms with Crippen LogP contribution in [-0.4, -0.2) is 96.7 Å². The van der Waals surface area contributed by atoms with Crippen LogP contribution in [0.4, 0.5) is 0 Å². The molecule has 0 fully saturated rings. The molecule has 6 atom stereocenters. The van der Waals surface area contributed by atoms with Gasteiger partial charge in [0.25, 0.3) is 0 Å². The first-order valence-corrected chi connectivity index (χ1v) is 49.2. The van der Waals surface area contributed by atoms with E-state index in [4.69, 9.17) is 37.0 Å². The number of rotatable bonds is 87. The molecular formula is C90H176O17P2. The average molecular weight is 1590 g/mol. The maximum Gasteiger partial charge on any atom is 0.472 e. The van der Waals surface area contributed by atoms with Crippen LogP contribution in [0.5, 0.6) is 0 Å². The van der Waals surface area contributed by atoms with Crippen molar-refractivity contribution in [1.82, 2.24) is 0 Å². The van der Waals surface area contributed by atoms with Crippen LogP contribution in [0.1, 0.15) is 473 Å². The molecule has 0 heterocycles. The first-order chi connectivity index (χ1) is 52.6. The third-order valence-corrected chi connectivity index (χ3v) is 23.3. The van der Waals surface area contributed by atoms with Crippen LogP contribution in [-0.2, 0) is 65.4 Å². The first-order valence-electron chi connectivity index (χ1n) is 46.2. The Kier molecular flexibility index (Phi) is 77.2. The Morgan fingerprint density at radius 1 is 0.257 bits per heavy atom. The lowest BCUT2D eigenvalue weighted by Gasteiger charge is -2.21. The molecule has 4 unspecified atom stereocenters. The molecule has 3 N–H and O–H groups in total. The number of phosphoric ester groups is 2. The Labute approximate surface area is 670 Å². The summed E-state index contributed by atoms with van der Waals surface area (Å²) in [4.78, 5) is 73.3. The monoisotopic (exact) mass is 1590 g/mol. The number of phosphoric acid groups is 2. The van der Waals surface area contributed by atoms with Gasteiger partial charge in [0.05, 0.1) is 26.4 Å². The summed E-state index contributed by atoms with van der Waals surface area (Å²) < 4.78 is 69.0. The van der Waals surface area contributed by atoms with Gasteiger partial charge < -0.3 is 33.8 Å². The lowest BCUT2D eigenvalue weighted by Crippen LogP contribution is -2.30. The summed E-state index contributed by atoms with van der Waals surface area (Å²) >= 11 is 0. The minimum Gasteiger partial charge on any atom is -0.462 e. The van der Waals surface area contributed by atoms with Crippen molar-refractivity contribution < 1.29 is 80.2 Å². The van der Waals surface area contributed by atoms with Crippen molar-refractivity contribution in [2.75, 3.05) is 39.6 Å². The van der Waals surface area contributed by atoms with Gasteiger partial charge in [0.15, 0.2) is 12.2 Å². The number of esters is 4. The van der Waals surface area contributed by atoms with E-state index >= 15 is 0 Å². The maximum absolute atomic E-state index is 13.2. The molecular weight excluding hydrogens is 1410 g/mol. The average Bonchev–Trinajstić information content (AvgIpc) is 0.904. The van der Waals surface area contributed by atoms with Crippen molar-refractivity contribution in [1.29, 1.82) is 0 Å². The predicted octanol–water partition coefficient (Wildman–Crippen LogP) is 27.5. The highest BCUT2D eigenvalue weighted by atomic mass is 31.2. The van der Waals surface area contributed by atoms with Gasteiger partial charge >= 0.3 is 39.5 Å². The zero-order valence-corrected chi connectivity index (χ0v) is 74.0. The molecule has 0 bridgehead atoms. The highest BCUT2D eigenvalue weighted by Crippen LogP contribution is 2.45. The molecule has 0 aromatic rings. The van der Waals surface area contributed by atoms with E-state index in [1.165, 1.54) is 270 Å². The largest absolute Gasteiger partial charge is 0.472 e. The van der Waals surface area contributed by atoms with Crippen molar-refractivity contribution in [3.05, 3.63) is 0 Å². The molecule has 0 saturated heterocycles. The zero-order valence-electron chi connectivity index (χ0n) is 72.2. The minimum atomic E-state index is -4.97. The van der Waals surface area contributed by atoms with Crippen LogP contribution in [0.2, 0.25) is 0 Å². The summed E-state index contributed by atoms with van der Waals surface area (Å²) in [6, 6.07) is 0. The molecule has 0 radical (unpaired) electrons. The lowest BCUT2D eigenvalue weighted by atomic mass is 9.99. The van der Waals surface area contributed by atoms with Crippen molar-refractivity contribution in [3.8, 4) is 0 Å². The molecule has 0 aliphatic carbocycles. The van der Waals surface area contributed by atoms with E-state index in [1.807, 2.05) is 0 Å². The molecule has 0 saturated carbocycles. The Morgan fingerprint density at radius 2 is 0.440 bits per heavy atom. The Morgan fingerprint density at radius 3 is 0.651 bits per heavy atom. The summed E-state index contributed by atoms with van der Waals surface area (Å²) in [5, 5.41) is 10.7. The van der Waals surface area contributed by atoms with Gasteiger partial charge in [0, 0.05) is 25.7 Å². The van der Waals surface area contributed by atoms with E-state index in [2.05, 4.69) is 55.4 Å². The molecule has 0 rings (SSSR count). The van der Waals surface area contributed by atoms with Gasteiger partial charge in [0.1, 0.15) is 19.3 Å². The highest BCUT2D eigenvalue weighted by Gasteiger charge is 2.31. The summed E-state index contributed by atoms with van der Waals surface area (Å²) in [6.45, 7) is 14.4. The summed E-state index contributed by atoms with van der Waals surface area (Å²) in [5.74, 6) is 1.09. The molecule has 648 valence electrons. The van der Waals surface area contributed by atoms with Crippen LogP contribution in [0.25, 0.3) is 0 Å². The van der Waals surface area contributed by atoms with E-state index in [0.717, 1.165) is 114 Å². The topological polar surface area (TPSA) is 237 Å². The second-order valence-corrected chi connectivity index (χ2v) is 36.9. The smallest absolute Gasteiger partial charge is 0.462 e. The van der Waals surface area contributed by atoms with Gasteiger partial charge in [-0.3, -0.25) is 37.3 Å². The number of hydrogen-bond donors (Lipinski definition) is 3. The summed E-state index contributed by atoms with van der Waals surface area (Å²) in [6.07, 6.45) is 69.5. The number of carbonyl (C=O) groups is 4. The number of aliphatic hydroxyl groups excluding tert-OH is 1. The van der Waals surface area contributed by atoms with E-state index in [0.29, 0.717) is 31.6 Å². The normalized spacial score (nSPS) is 14.1. The van der Waals surface area contributed by atoms with Gasteiger partial charge in [-0.25, -0.2) is 9.13 Å². The molecule has 19 heteroatoms. The zero-order chi connectivity index (χ0) is 80.2. The Bertz CT molecular complexity index is 2110. The Balaban J connectivity index is 5.22. The van der Waals surface area contributed by atoms with Crippen molar-refractivity contribution in [2.24, 2.45) is 23.7 Å². The van der Waals surface area contributed by atoms with E-state index in [9.17, 15) is 43.2 Å². The van der Waals surface area contributed by atoms with Crippen LogP contribution >= 0.6 is 15.6 Å². The molecule has 0 aliphatic rings. The standard InChI is InChI=1S/C90H176O17P2/c1-9-83(8)69-61-53-45-37-31-25-19-12-10-11-13-20-27-33-39-47-56-64-72-89(94)106-85(76-100-87(92)70-62-54-46-38-32-26-22-16-18-24-30-36-43-51-59-67-81(4)5)78-104-108(96,97)102-74-84(91)75-103-109(98,99)105-79-86(77-101-88(93)71-63-55-49-41-44-52-60-68-82(6)7)107-90(95)73-65-57-48-40-34-28-21-15-14-17-23-29-35-42-50-58-66-80(2)3/h80-86,91H,9-79H2,1-8H3,(H,96,97)(H,98,99)/t83?,84?,85-,86-/m1/s1. The van der Waals surface area contributed by atoms with E-state index in [-0.39, 0.29) is 25.7 Å². The SMILES string of the molecule is CCC(C)CCCCCCCCCCCCCCCCCCCCC(=O)O[C@H](COC(=O)CCCCCCCCCCCCCCCCCC(C)C)COP(=O)(O)OCC(O)COP(=O)(O)OC[C@@H](COC(=O)CCCCCCCCCC(C)C)OC(=O)CCCCCCCCCCCCCCCCCCC(C)C. The quantitative estimate of drug-likeness (QED) is 0.0222. The first kappa shape index (κ1) is 107. The molecule has 0 aliphatic heterocycles. The number of ether oxygens (including phenoxy) is 4. The van der Waals surface area contributed by atoms with Gasteiger partial charge in [-0.1, -0.05) is 421 Å². The number of aliphatic hydroxyl groups is 1. The molecule has 0 aromatic heterocycles. The van der Waals surface area contributed by atoms with Gasteiger partial charge in [0.2, 0.25) is 0 Å². The third kappa shape index (κ3) is 82.4. The fourth-order valence-corrected chi connectivity index (χ4v) is 15.6. The predicted molar refractivity (Wildman–Crippen MR) is 451 cm³/mol. The van der Waals surface area contributed by atoms with Crippen molar-refractivity contribution >= 4 is 39.5 Å². The molecule has 17 nitrogen and oxygen atoms in total. The summed E-state index contributed by atoms with van der Waals surface area (Å²) in [5.41, 5.74) is 0. The van der Waals surface area contributed by atoms with Crippen molar-refractivity contribution in [3.63, 3.8) is 0 Å². The summed E-state index contributed by atoms with van der Waals surface area (Å²) in [7, 11) is -9.94.